The van der Waals surface area contributed by atoms with Gasteiger partial charge in [-0.15, -0.1) is 0 Å². The number of aryl methyl sites for hydroxylation is 1. The third-order valence-corrected chi connectivity index (χ3v) is 6.47. The van der Waals surface area contributed by atoms with E-state index < -0.39 is 0 Å². The number of carbonyl (C=O) groups excluding carboxylic acids is 1. The van der Waals surface area contributed by atoms with E-state index in [1.165, 1.54) is 0 Å². The smallest absolute Gasteiger partial charge is 0.266 e. The fourth-order valence-electron chi connectivity index (χ4n) is 4.50. The molecule has 182 valence electrons. The average Bonchev–Trinajstić information content (AvgIpc) is 2.83. The van der Waals surface area contributed by atoms with Crippen molar-refractivity contribution in [1.82, 2.24) is 14.5 Å². The minimum Gasteiger partial charge on any atom is -0.333 e. The molecular weight excluding hydrogens is 422 g/mol. The topological polar surface area (TPSA) is 55.2 Å². The Hall–Kier alpha value is -2.95. The van der Waals surface area contributed by atoms with Gasteiger partial charge < -0.3 is 4.90 Å². The van der Waals surface area contributed by atoms with Gasteiger partial charge in [-0.2, -0.15) is 0 Å². The fraction of sp³-hybridized carbons (Fsp3) is 0.483. The maximum absolute atomic E-state index is 13.7. The number of amides is 1. The Kier molecular flexibility index (Phi) is 9.43. The number of aromatic nitrogens is 2. The molecule has 0 spiro atoms. The van der Waals surface area contributed by atoms with E-state index in [-0.39, 0.29) is 17.5 Å². The van der Waals surface area contributed by atoms with Crippen molar-refractivity contribution in [2.75, 3.05) is 6.54 Å². The molecule has 0 bridgehead atoms. The quantitative estimate of drug-likeness (QED) is 0.281. The molecule has 0 radical (unpaired) electrons. The first-order chi connectivity index (χ1) is 16.5. The van der Waals surface area contributed by atoms with E-state index in [1.807, 2.05) is 67.3 Å². The summed E-state index contributed by atoms with van der Waals surface area (Å²) in [6, 6.07) is 15.1. The Balaban J connectivity index is 2.09. The highest BCUT2D eigenvalue weighted by Gasteiger charge is 2.26. The number of para-hydroxylation sites is 1. The molecule has 0 saturated carbocycles. The molecular formula is C29H39N3O2. The maximum atomic E-state index is 13.7. The molecule has 0 aliphatic rings. The van der Waals surface area contributed by atoms with Gasteiger partial charge in [-0.25, -0.2) is 4.98 Å². The molecule has 1 atom stereocenters. The molecule has 3 aromatic rings. The lowest BCUT2D eigenvalue weighted by Gasteiger charge is -2.31. The molecule has 0 saturated heterocycles. The van der Waals surface area contributed by atoms with Crippen LogP contribution in [-0.4, -0.2) is 26.9 Å². The minimum absolute atomic E-state index is 0.0950. The highest BCUT2D eigenvalue weighted by molar-refractivity contribution is 5.79. The van der Waals surface area contributed by atoms with E-state index >= 15 is 0 Å². The van der Waals surface area contributed by atoms with E-state index in [9.17, 15) is 9.59 Å². The van der Waals surface area contributed by atoms with Crippen molar-refractivity contribution in [3.63, 3.8) is 0 Å². The van der Waals surface area contributed by atoms with Crippen molar-refractivity contribution in [2.45, 2.75) is 85.1 Å². The zero-order chi connectivity index (χ0) is 24.5. The van der Waals surface area contributed by atoms with Gasteiger partial charge in [0.2, 0.25) is 5.91 Å². The molecule has 1 heterocycles. The van der Waals surface area contributed by atoms with Gasteiger partial charge in [-0.3, -0.25) is 14.2 Å². The van der Waals surface area contributed by atoms with Crippen molar-refractivity contribution in [3.05, 3.63) is 70.3 Å². The van der Waals surface area contributed by atoms with Gasteiger partial charge in [-0.1, -0.05) is 70.2 Å². The second-order valence-electron chi connectivity index (χ2n) is 9.25. The third kappa shape index (κ3) is 6.13. The van der Waals surface area contributed by atoms with Crippen LogP contribution in [0.2, 0.25) is 0 Å². The normalized spacial score (nSPS) is 12.1. The lowest BCUT2D eigenvalue weighted by molar-refractivity contribution is -0.133. The Bertz CT molecular complexity index is 1150. The largest absolute Gasteiger partial charge is 0.333 e. The summed E-state index contributed by atoms with van der Waals surface area (Å²) >= 11 is 0. The number of hydrogen-bond acceptors (Lipinski definition) is 3. The van der Waals surface area contributed by atoms with E-state index in [2.05, 4.69) is 13.8 Å². The summed E-state index contributed by atoms with van der Waals surface area (Å²) in [7, 11) is 0. The monoisotopic (exact) mass is 461 g/mol. The van der Waals surface area contributed by atoms with Gasteiger partial charge in [-0.05, 0) is 56.5 Å². The average molecular weight is 462 g/mol. The summed E-state index contributed by atoms with van der Waals surface area (Å²) in [5, 5.41) is 0.587. The predicted molar refractivity (Wildman–Crippen MR) is 140 cm³/mol. The predicted octanol–water partition coefficient (Wildman–Crippen LogP) is 6.74. The SMILES string of the molecule is CCCCCCN(C(=O)CCCCC)C(C)c1nc2ccccc2c(=O)n1-c1cccc(C)c1. The summed E-state index contributed by atoms with van der Waals surface area (Å²) in [5.74, 6) is 0.768. The maximum Gasteiger partial charge on any atom is 0.266 e. The molecule has 3 rings (SSSR count). The molecule has 5 nitrogen and oxygen atoms in total. The van der Waals surface area contributed by atoms with E-state index in [1.54, 1.807) is 4.57 Å². The highest BCUT2D eigenvalue weighted by Crippen LogP contribution is 2.25. The number of unbranched alkanes of at least 4 members (excludes halogenated alkanes) is 5. The molecule has 0 fully saturated rings. The Labute approximate surface area is 203 Å². The summed E-state index contributed by atoms with van der Waals surface area (Å²) in [5.41, 5.74) is 2.43. The number of hydrogen-bond donors (Lipinski definition) is 0. The second kappa shape index (κ2) is 12.5. The molecule has 34 heavy (non-hydrogen) atoms. The van der Waals surface area contributed by atoms with Crippen molar-refractivity contribution < 1.29 is 4.79 Å². The molecule has 1 aromatic heterocycles. The van der Waals surface area contributed by atoms with Gasteiger partial charge in [0.05, 0.1) is 22.6 Å². The van der Waals surface area contributed by atoms with E-state index in [4.69, 9.17) is 4.98 Å². The summed E-state index contributed by atoms with van der Waals surface area (Å²) < 4.78 is 1.71. The van der Waals surface area contributed by atoms with Gasteiger partial charge in [0.15, 0.2) is 0 Å². The molecule has 0 aliphatic heterocycles. The molecule has 2 aromatic carbocycles. The van der Waals surface area contributed by atoms with Crippen LogP contribution in [0.25, 0.3) is 16.6 Å². The fourth-order valence-corrected chi connectivity index (χ4v) is 4.50. The number of benzene rings is 2. The minimum atomic E-state index is -0.312. The molecule has 0 aliphatic carbocycles. The van der Waals surface area contributed by atoms with Gasteiger partial charge in [0.25, 0.3) is 5.56 Å². The van der Waals surface area contributed by atoms with Crippen LogP contribution in [0.5, 0.6) is 0 Å². The van der Waals surface area contributed by atoms with Crippen molar-refractivity contribution >= 4 is 16.8 Å². The first-order valence-electron chi connectivity index (χ1n) is 12.9. The number of nitrogens with zero attached hydrogens (tertiary/aromatic N) is 3. The number of carbonyl (C=O) groups is 1. The molecule has 1 unspecified atom stereocenters. The standard InChI is InChI=1S/C29H39N3O2/c1-5-7-9-13-20-31(27(33)19-10-8-6-2)23(4)28-30-26-18-12-11-17-25(26)29(34)32(28)24-16-14-15-22(3)21-24/h11-12,14-18,21,23H,5-10,13,19-20H2,1-4H3. The molecule has 5 heteroatoms. The first kappa shape index (κ1) is 25.7. The van der Waals surface area contributed by atoms with Crippen LogP contribution in [0.1, 0.15) is 89.6 Å². The first-order valence-corrected chi connectivity index (χ1v) is 12.9. The van der Waals surface area contributed by atoms with Crippen LogP contribution >= 0.6 is 0 Å². The van der Waals surface area contributed by atoms with Crippen molar-refractivity contribution in [1.29, 1.82) is 0 Å². The summed E-state index contributed by atoms with van der Waals surface area (Å²) in [4.78, 5) is 34.0. The number of rotatable bonds is 12. The Morgan fingerprint density at radius 1 is 0.971 bits per heavy atom. The zero-order valence-electron chi connectivity index (χ0n) is 21.2. The summed E-state index contributed by atoms with van der Waals surface area (Å²) in [6.45, 7) is 9.05. The van der Waals surface area contributed by atoms with Crippen LogP contribution in [-0.2, 0) is 4.79 Å². The van der Waals surface area contributed by atoms with Gasteiger partial charge >= 0.3 is 0 Å². The summed E-state index contributed by atoms with van der Waals surface area (Å²) in [6.07, 6.45) is 7.92. The lowest BCUT2D eigenvalue weighted by Crippen LogP contribution is -2.38. The second-order valence-corrected chi connectivity index (χ2v) is 9.25. The van der Waals surface area contributed by atoms with Gasteiger partial charge in [0.1, 0.15) is 5.82 Å². The van der Waals surface area contributed by atoms with Crippen LogP contribution in [0.3, 0.4) is 0 Å². The van der Waals surface area contributed by atoms with Crippen LogP contribution in [0, 0.1) is 6.92 Å². The van der Waals surface area contributed by atoms with E-state index in [0.717, 1.165) is 56.2 Å². The lowest BCUT2D eigenvalue weighted by atomic mass is 10.1. The van der Waals surface area contributed by atoms with Crippen LogP contribution in [0.15, 0.2) is 53.3 Å². The van der Waals surface area contributed by atoms with Crippen molar-refractivity contribution in [2.24, 2.45) is 0 Å². The Morgan fingerprint density at radius 3 is 2.44 bits per heavy atom. The van der Waals surface area contributed by atoms with Crippen LogP contribution < -0.4 is 5.56 Å². The highest BCUT2D eigenvalue weighted by atomic mass is 16.2. The third-order valence-electron chi connectivity index (χ3n) is 6.47. The van der Waals surface area contributed by atoms with Gasteiger partial charge in [0, 0.05) is 13.0 Å². The van der Waals surface area contributed by atoms with E-state index in [0.29, 0.717) is 29.7 Å². The molecule has 1 amide bonds. The number of fused-ring (bicyclic) bond motifs is 1. The van der Waals surface area contributed by atoms with Crippen LogP contribution in [0.4, 0.5) is 0 Å². The van der Waals surface area contributed by atoms with Crippen molar-refractivity contribution in [3.8, 4) is 5.69 Å². The Morgan fingerprint density at radius 2 is 1.71 bits per heavy atom. The molecule has 0 N–H and O–H groups in total. The zero-order valence-corrected chi connectivity index (χ0v) is 21.2.